The standard InChI is InChI=1S/C18H8Br2N4O2/c19-9-5-7-1-3-23-15(13(7)21-9)11-12(17(23)25)16-14-8(6-10(20)22-14)2-4-24(16)18(11)26/h1-6,25-26H. The second-order valence-electron chi connectivity index (χ2n) is 6.23. The van der Waals surface area contributed by atoms with E-state index in [0.29, 0.717) is 42.0 Å². The summed E-state index contributed by atoms with van der Waals surface area (Å²) in [5.41, 5.74) is 2.76. The van der Waals surface area contributed by atoms with Crippen molar-refractivity contribution in [2.24, 2.45) is 0 Å². The number of aromatic nitrogens is 4. The third-order valence-electron chi connectivity index (χ3n) is 4.90. The van der Waals surface area contributed by atoms with Crippen LogP contribution in [0.1, 0.15) is 0 Å². The van der Waals surface area contributed by atoms with Crippen LogP contribution in [0.2, 0.25) is 0 Å². The molecule has 0 saturated heterocycles. The predicted molar refractivity (Wildman–Crippen MR) is 106 cm³/mol. The van der Waals surface area contributed by atoms with Crippen LogP contribution in [0, 0.1) is 0 Å². The summed E-state index contributed by atoms with van der Waals surface area (Å²) in [5, 5.41) is 24.9. The largest absolute Gasteiger partial charge is 0.494 e. The molecule has 0 aromatic carbocycles. The van der Waals surface area contributed by atoms with E-state index >= 15 is 0 Å². The van der Waals surface area contributed by atoms with E-state index in [1.165, 1.54) is 0 Å². The highest BCUT2D eigenvalue weighted by Crippen LogP contribution is 2.46. The van der Waals surface area contributed by atoms with Crippen molar-refractivity contribution in [3.63, 3.8) is 0 Å². The van der Waals surface area contributed by atoms with Gasteiger partial charge in [0.25, 0.3) is 0 Å². The molecule has 26 heavy (non-hydrogen) atoms. The molecule has 0 saturated carbocycles. The van der Waals surface area contributed by atoms with Gasteiger partial charge in [0, 0.05) is 23.2 Å². The van der Waals surface area contributed by atoms with Gasteiger partial charge in [-0.3, -0.25) is 8.80 Å². The number of halogens is 2. The zero-order valence-electron chi connectivity index (χ0n) is 12.9. The van der Waals surface area contributed by atoms with Gasteiger partial charge in [-0.1, -0.05) is 0 Å². The van der Waals surface area contributed by atoms with E-state index in [0.717, 1.165) is 10.8 Å². The second-order valence-corrected chi connectivity index (χ2v) is 7.86. The minimum absolute atomic E-state index is 0.0560. The Morgan fingerprint density at radius 2 is 1.15 bits per heavy atom. The second kappa shape index (κ2) is 4.57. The number of rotatable bonds is 0. The molecule has 126 valence electrons. The summed E-state index contributed by atoms with van der Waals surface area (Å²) in [6.45, 7) is 0. The topological polar surface area (TPSA) is 75.1 Å². The first kappa shape index (κ1) is 14.6. The molecule has 6 aromatic rings. The summed E-state index contributed by atoms with van der Waals surface area (Å²) in [6, 6.07) is 7.59. The first-order valence-electron chi connectivity index (χ1n) is 7.78. The molecule has 0 fully saturated rings. The van der Waals surface area contributed by atoms with Crippen LogP contribution in [0.15, 0.2) is 45.9 Å². The quantitative estimate of drug-likeness (QED) is 0.333. The van der Waals surface area contributed by atoms with Crippen molar-refractivity contribution in [3.8, 4) is 11.8 Å². The maximum Gasteiger partial charge on any atom is 0.206 e. The maximum atomic E-state index is 11.0. The van der Waals surface area contributed by atoms with Gasteiger partial charge in [0.1, 0.15) is 9.21 Å². The molecule has 0 spiro atoms. The zero-order chi connectivity index (χ0) is 17.7. The smallest absolute Gasteiger partial charge is 0.206 e. The van der Waals surface area contributed by atoms with Gasteiger partial charge in [0.2, 0.25) is 11.8 Å². The van der Waals surface area contributed by atoms with Crippen LogP contribution in [0.25, 0.3) is 43.6 Å². The number of hydrogen-bond donors (Lipinski definition) is 2. The maximum absolute atomic E-state index is 11.0. The molecular formula is C18H8Br2N4O2. The van der Waals surface area contributed by atoms with Crippen LogP contribution < -0.4 is 0 Å². The monoisotopic (exact) mass is 470 g/mol. The van der Waals surface area contributed by atoms with E-state index in [4.69, 9.17) is 0 Å². The molecular weight excluding hydrogens is 464 g/mol. The highest BCUT2D eigenvalue weighted by atomic mass is 79.9. The summed E-state index contributed by atoms with van der Waals surface area (Å²) in [4.78, 5) is 9.05. The van der Waals surface area contributed by atoms with Crippen LogP contribution in [-0.2, 0) is 0 Å². The van der Waals surface area contributed by atoms with Crippen LogP contribution in [0.5, 0.6) is 11.8 Å². The third kappa shape index (κ3) is 1.57. The van der Waals surface area contributed by atoms with E-state index < -0.39 is 0 Å². The van der Waals surface area contributed by atoms with Gasteiger partial charge in [0.05, 0.1) is 32.8 Å². The molecule has 6 aromatic heterocycles. The molecule has 0 aliphatic heterocycles. The van der Waals surface area contributed by atoms with Crippen LogP contribution in [0.3, 0.4) is 0 Å². The van der Waals surface area contributed by atoms with Crippen molar-refractivity contribution in [2.45, 2.75) is 0 Å². The van der Waals surface area contributed by atoms with E-state index in [1.807, 2.05) is 24.3 Å². The third-order valence-corrected chi connectivity index (χ3v) is 5.71. The highest BCUT2D eigenvalue weighted by molar-refractivity contribution is 9.10. The molecule has 0 aliphatic rings. The van der Waals surface area contributed by atoms with Crippen molar-refractivity contribution >= 4 is 75.5 Å². The summed E-state index contributed by atoms with van der Waals surface area (Å²) >= 11 is 6.81. The molecule has 8 heteroatoms. The fraction of sp³-hybridized carbons (Fsp3) is 0. The SMILES string of the molecule is Oc1c2c(c(O)n3ccc4cc(Br)nc4c23)c2c3nc(Br)cc3ccn12. The van der Waals surface area contributed by atoms with Crippen LogP contribution in [0.4, 0.5) is 0 Å². The van der Waals surface area contributed by atoms with E-state index in [2.05, 4.69) is 41.8 Å². The van der Waals surface area contributed by atoms with E-state index in [-0.39, 0.29) is 11.8 Å². The Hall–Kier alpha value is -2.58. The van der Waals surface area contributed by atoms with Crippen molar-refractivity contribution < 1.29 is 10.2 Å². The van der Waals surface area contributed by atoms with Crippen molar-refractivity contribution in [3.05, 3.63) is 45.9 Å². The predicted octanol–water partition coefficient (Wildman–Crippen LogP) is 4.82. The Labute approximate surface area is 161 Å². The molecule has 6 heterocycles. The first-order chi connectivity index (χ1) is 12.5. The highest BCUT2D eigenvalue weighted by Gasteiger charge is 2.25. The summed E-state index contributed by atoms with van der Waals surface area (Å²) in [6.07, 6.45) is 3.57. The van der Waals surface area contributed by atoms with Crippen molar-refractivity contribution in [1.29, 1.82) is 0 Å². The lowest BCUT2D eigenvalue weighted by molar-refractivity contribution is 0.454. The van der Waals surface area contributed by atoms with Gasteiger partial charge in [-0.05, 0) is 56.1 Å². The Morgan fingerprint density at radius 1 is 0.731 bits per heavy atom. The Morgan fingerprint density at radius 3 is 1.58 bits per heavy atom. The van der Waals surface area contributed by atoms with Crippen molar-refractivity contribution in [2.75, 3.05) is 0 Å². The minimum atomic E-state index is 0.0560. The molecule has 0 bridgehead atoms. The number of hydrogen-bond acceptors (Lipinski definition) is 4. The van der Waals surface area contributed by atoms with Gasteiger partial charge < -0.3 is 10.2 Å². The average molecular weight is 472 g/mol. The van der Waals surface area contributed by atoms with Gasteiger partial charge in [-0.2, -0.15) is 0 Å². The van der Waals surface area contributed by atoms with Crippen molar-refractivity contribution in [1.82, 2.24) is 18.8 Å². The molecule has 0 aliphatic carbocycles. The number of pyridine rings is 2. The van der Waals surface area contributed by atoms with Crippen LogP contribution >= 0.6 is 31.9 Å². The Balaban J connectivity index is 2.00. The number of aromatic hydroxyl groups is 2. The molecule has 0 amide bonds. The van der Waals surface area contributed by atoms with E-state index in [1.54, 1.807) is 21.2 Å². The number of nitrogens with zero attached hydrogens (tertiary/aromatic N) is 4. The number of fused-ring (bicyclic) bond motifs is 9. The Bertz CT molecular complexity index is 1420. The molecule has 6 rings (SSSR count). The molecule has 0 atom stereocenters. The zero-order valence-corrected chi connectivity index (χ0v) is 16.1. The normalized spacial score (nSPS) is 12.5. The fourth-order valence-electron chi connectivity index (χ4n) is 3.86. The molecule has 2 N–H and O–H groups in total. The first-order valence-corrected chi connectivity index (χ1v) is 9.37. The van der Waals surface area contributed by atoms with Gasteiger partial charge in [-0.15, -0.1) is 0 Å². The lowest BCUT2D eigenvalue weighted by atomic mass is 10.2. The van der Waals surface area contributed by atoms with Gasteiger partial charge >= 0.3 is 0 Å². The summed E-state index contributed by atoms with van der Waals surface area (Å²) in [7, 11) is 0. The molecule has 0 unspecified atom stereocenters. The Kier molecular flexibility index (Phi) is 2.56. The lowest BCUT2D eigenvalue weighted by Gasteiger charge is -2.02. The summed E-state index contributed by atoms with van der Waals surface area (Å²) < 4.78 is 4.73. The minimum Gasteiger partial charge on any atom is -0.494 e. The molecule has 6 nitrogen and oxygen atoms in total. The lowest BCUT2D eigenvalue weighted by Crippen LogP contribution is -1.87. The van der Waals surface area contributed by atoms with E-state index in [9.17, 15) is 10.2 Å². The fourth-order valence-corrected chi connectivity index (χ4v) is 4.71. The van der Waals surface area contributed by atoms with Gasteiger partial charge in [0.15, 0.2) is 0 Å². The van der Waals surface area contributed by atoms with Gasteiger partial charge in [-0.25, -0.2) is 9.97 Å². The molecule has 0 radical (unpaired) electrons. The summed E-state index contributed by atoms with van der Waals surface area (Å²) in [5.74, 6) is 0.112. The average Bonchev–Trinajstić information content (AvgIpc) is 3.30. The van der Waals surface area contributed by atoms with Crippen LogP contribution in [-0.4, -0.2) is 29.0 Å².